The summed E-state index contributed by atoms with van der Waals surface area (Å²) in [5.41, 5.74) is 7.85. The number of hydrogen-bond donors (Lipinski definition) is 1. The van der Waals surface area contributed by atoms with Gasteiger partial charge in [-0.2, -0.15) is 0 Å². The van der Waals surface area contributed by atoms with Gasteiger partial charge >= 0.3 is 0 Å². The average molecular weight is 218 g/mol. The van der Waals surface area contributed by atoms with Crippen LogP contribution in [0.1, 0.15) is 39.3 Å². The molecule has 2 N–H and O–H groups in total. The van der Waals surface area contributed by atoms with Crippen LogP contribution >= 0.6 is 0 Å². The molecule has 4 nitrogen and oxygen atoms in total. The Bertz CT molecular complexity index is 499. The fourth-order valence-corrected chi connectivity index (χ4v) is 2.19. The number of nitrogens with zero attached hydrogens (tertiary/aromatic N) is 3. The highest BCUT2D eigenvalue weighted by Gasteiger charge is 2.23. The van der Waals surface area contributed by atoms with Crippen molar-refractivity contribution >= 4 is 11.5 Å². The molecule has 0 atom stereocenters. The maximum Gasteiger partial charge on any atom is 0.180 e. The molecule has 0 unspecified atom stereocenters. The Hall–Kier alpha value is -1.58. The zero-order valence-electron chi connectivity index (χ0n) is 10.1. The molecular formula is C12H18N4. The second-order valence-electron chi connectivity index (χ2n) is 4.78. The first-order valence-corrected chi connectivity index (χ1v) is 5.64. The fourth-order valence-electron chi connectivity index (χ4n) is 2.19. The van der Waals surface area contributed by atoms with Crippen LogP contribution in [0.3, 0.4) is 0 Å². The minimum atomic E-state index is 0.113. The third-order valence-electron chi connectivity index (χ3n) is 3.02. The number of rotatable bonds is 3. The minimum absolute atomic E-state index is 0.113. The first-order valence-electron chi connectivity index (χ1n) is 5.64. The molecule has 0 aliphatic rings. The quantitative estimate of drug-likeness (QED) is 0.860. The Morgan fingerprint density at radius 3 is 2.81 bits per heavy atom. The fraction of sp³-hybridized carbons (Fsp3) is 0.500. The summed E-state index contributed by atoms with van der Waals surface area (Å²) in [6.45, 7) is 6.66. The number of aromatic nitrogens is 3. The van der Waals surface area contributed by atoms with Crippen molar-refractivity contribution in [1.82, 2.24) is 14.4 Å². The highest BCUT2D eigenvalue weighted by Crippen LogP contribution is 2.29. The van der Waals surface area contributed by atoms with Gasteiger partial charge in [0.25, 0.3) is 0 Å². The molecule has 0 saturated carbocycles. The Balaban J connectivity index is 2.58. The van der Waals surface area contributed by atoms with Gasteiger partial charge in [-0.15, -0.1) is 0 Å². The standard InChI is InChI=1S/C12H18N4/c1-4-5-12(2,3)9-8-15-11-10(13)14-6-7-16(9)11/h6-8H,4-5H2,1-3H3,(H2,13,14). The van der Waals surface area contributed by atoms with E-state index >= 15 is 0 Å². The predicted octanol–water partition coefficient (Wildman–Crippen LogP) is 2.39. The Labute approximate surface area is 95.5 Å². The lowest BCUT2D eigenvalue weighted by Gasteiger charge is -2.23. The van der Waals surface area contributed by atoms with Gasteiger partial charge in [0.05, 0.1) is 0 Å². The minimum Gasteiger partial charge on any atom is -0.381 e. The molecule has 16 heavy (non-hydrogen) atoms. The molecule has 0 aliphatic carbocycles. The van der Waals surface area contributed by atoms with E-state index in [4.69, 9.17) is 5.73 Å². The number of fused-ring (bicyclic) bond motifs is 1. The first kappa shape index (κ1) is 10.9. The van der Waals surface area contributed by atoms with Crippen LogP contribution in [0.2, 0.25) is 0 Å². The lowest BCUT2D eigenvalue weighted by molar-refractivity contribution is 0.456. The molecule has 2 heterocycles. The summed E-state index contributed by atoms with van der Waals surface area (Å²) < 4.78 is 2.04. The van der Waals surface area contributed by atoms with Gasteiger partial charge in [-0.3, -0.25) is 4.40 Å². The van der Waals surface area contributed by atoms with Gasteiger partial charge in [0.2, 0.25) is 0 Å². The van der Waals surface area contributed by atoms with Gasteiger partial charge in [-0.1, -0.05) is 27.2 Å². The lowest BCUT2D eigenvalue weighted by atomic mass is 9.85. The van der Waals surface area contributed by atoms with Crippen LogP contribution in [0.15, 0.2) is 18.6 Å². The molecule has 2 aromatic rings. The third-order valence-corrected chi connectivity index (χ3v) is 3.02. The van der Waals surface area contributed by atoms with Crippen LogP contribution in [0.5, 0.6) is 0 Å². The number of hydrogen-bond acceptors (Lipinski definition) is 3. The summed E-state index contributed by atoms with van der Waals surface area (Å²) >= 11 is 0. The van der Waals surface area contributed by atoms with E-state index in [0.29, 0.717) is 5.82 Å². The maximum atomic E-state index is 5.79. The predicted molar refractivity (Wildman–Crippen MR) is 65.3 cm³/mol. The molecule has 0 amide bonds. The molecule has 2 aromatic heterocycles. The summed E-state index contributed by atoms with van der Waals surface area (Å²) in [6, 6.07) is 0. The van der Waals surface area contributed by atoms with Crippen molar-refractivity contribution in [3.05, 3.63) is 24.3 Å². The monoisotopic (exact) mass is 218 g/mol. The normalized spacial score (nSPS) is 12.2. The van der Waals surface area contributed by atoms with Gasteiger partial charge in [-0.25, -0.2) is 9.97 Å². The van der Waals surface area contributed by atoms with Crippen molar-refractivity contribution in [2.75, 3.05) is 5.73 Å². The van der Waals surface area contributed by atoms with Gasteiger partial charge in [-0.05, 0) is 6.42 Å². The van der Waals surface area contributed by atoms with Gasteiger partial charge in [0, 0.05) is 29.7 Å². The molecule has 0 bridgehead atoms. The molecule has 0 radical (unpaired) electrons. The SMILES string of the molecule is CCCC(C)(C)c1cnc2c(N)nccn12. The van der Waals surface area contributed by atoms with Crippen molar-refractivity contribution in [2.45, 2.75) is 39.0 Å². The van der Waals surface area contributed by atoms with E-state index in [2.05, 4.69) is 30.7 Å². The van der Waals surface area contributed by atoms with E-state index < -0.39 is 0 Å². The molecule has 0 aliphatic heterocycles. The van der Waals surface area contributed by atoms with Crippen molar-refractivity contribution in [2.24, 2.45) is 0 Å². The van der Waals surface area contributed by atoms with Gasteiger partial charge in [0.15, 0.2) is 11.5 Å². The number of nitrogens with two attached hydrogens (primary N) is 1. The number of imidazole rings is 1. The van der Waals surface area contributed by atoms with Crippen LogP contribution in [0.25, 0.3) is 5.65 Å². The van der Waals surface area contributed by atoms with Crippen molar-refractivity contribution in [3.63, 3.8) is 0 Å². The Morgan fingerprint density at radius 2 is 2.12 bits per heavy atom. The summed E-state index contributed by atoms with van der Waals surface area (Å²) in [6.07, 6.45) is 7.83. The van der Waals surface area contributed by atoms with Crippen molar-refractivity contribution < 1.29 is 0 Å². The van der Waals surface area contributed by atoms with Crippen LogP contribution in [0.4, 0.5) is 5.82 Å². The summed E-state index contributed by atoms with van der Waals surface area (Å²) in [5.74, 6) is 0.487. The topological polar surface area (TPSA) is 56.2 Å². The average Bonchev–Trinajstić information content (AvgIpc) is 2.63. The second-order valence-corrected chi connectivity index (χ2v) is 4.78. The Kier molecular flexibility index (Phi) is 2.58. The molecule has 0 fully saturated rings. The van der Waals surface area contributed by atoms with Crippen molar-refractivity contribution in [1.29, 1.82) is 0 Å². The molecule has 4 heteroatoms. The lowest BCUT2D eigenvalue weighted by Crippen LogP contribution is -2.19. The molecule has 2 rings (SSSR count). The number of anilines is 1. The van der Waals surface area contributed by atoms with E-state index in [1.807, 2.05) is 16.8 Å². The van der Waals surface area contributed by atoms with Crippen LogP contribution < -0.4 is 5.73 Å². The van der Waals surface area contributed by atoms with E-state index in [9.17, 15) is 0 Å². The molecule has 0 saturated heterocycles. The van der Waals surface area contributed by atoms with E-state index in [1.54, 1.807) is 6.20 Å². The molecule has 86 valence electrons. The van der Waals surface area contributed by atoms with E-state index in [-0.39, 0.29) is 5.41 Å². The maximum absolute atomic E-state index is 5.79. The zero-order chi connectivity index (χ0) is 11.8. The summed E-state index contributed by atoms with van der Waals surface area (Å²) in [5, 5.41) is 0. The van der Waals surface area contributed by atoms with Gasteiger partial charge in [0.1, 0.15) is 0 Å². The summed E-state index contributed by atoms with van der Waals surface area (Å²) in [4.78, 5) is 8.39. The second kappa shape index (κ2) is 3.77. The molecule has 0 aromatic carbocycles. The van der Waals surface area contributed by atoms with E-state index in [1.165, 1.54) is 5.69 Å². The smallest absolute Gasteiger partial charge is 0.180 e. The highest BCUT2D eigenvalue weighted by molar-refractivity contribution is 5.60. The van der Waals surface area contributed by atoms with Crippen LogP contribution in [0, 0.1) is 0 Å². The van der Waals surface area contributed by atoms with Crippen LogP contribution in [-0.4, -0.2) is 14.4 Å². The largest absolute Gasteiger partial charge is 0.381 e. The Morgan fingerprint density at radius 1 is 1.38 bits per heavy atom. The van der Waals surface area contributed by atoms with Crippen LogP contribution in [-0.2, 0) is 5.41 Å². The van der Waals surface area contributed by atoms with Gasteiger partial charge < -0.3 is 5.73 Å². The highest BCUT2D eigenvalue weighted by atomic mass is 15.1. The van der Waals surface area contributed by atoms with Crippen molar-refractivity contribution in [3.8, 4) is 0 Å². The molecular weight excluding hydrogens is 200 g/mol. The summed E-state index contributed by atoms with van der Waals surface area (Å²) in [7, 11) is 0. The zero-order valence-corrected chi connectivity index (χ0v) is 10.1. The third kappa shape index (κ3) is 1.64. The first-order chi connectivity index (χ1) is 7.56. The number of nitrogen functional groups attached to an aromatic ring is 1. The molecule has 0 spiro atoms. The van der Waals surface area contributed by atoms with E-state index in [0.717, 1.165) is 18.5 Å².